The molecule has 0 spiro atoms. The van der Waals surface area contributed by atoms with Gasteiger partial charge in [-0.3, -0.25) is 4.90 Å². The Balaban J connectivity index is 2.24. The monoisotopic (exact) mass is 268 g/mol. The van der Waals surface area contributed by atoms with E-state index in [0.717, 1.165) is 25.5 Å². The maximum absolute atomic E-state index is 13.9. The van der Waals surface area contributed by atoms with Crippen LogP contribution in [0.2, 0.25) is 0 Å². The van der Waals surface area contributed by atoms with Crippen molar-refractivity contribution in [3.63, 3.8) is 0 Å². The Morgan fingerprint density at radius 2 is 2.16 bits per heavy atom. The van der Waals surface area contributed by atoms with Crippen molar-refractivity contribution in [3.05, 3.63) is 35.4 Å². The topological polar surface area (TPSA) is 29.3 Å². The number of hydrogen-bond acceptors (Lipinski definition) is 2. The maximum atomic E-state index is 13.9. The zero-order valence-corrected chi connectivity index (χ0v) is 11.6. The van der Waals surface area contributed by atoms with Gasteiger partial charge in [0.15, 0.2) is 0 Å². The Bertz CT molecular complexity index is 436. The van der Waals surface area contributed by atoms with E-state index in [9.17, 15) is 8.78 Å². The lowest BCUT2D eigenvalue weighted by molar-refractivity contribution is 0.0675. The predicted octanol–water partition coefficient (Wildman–Crippen LogP) is 3.09. The molecule has 3 atom stereocenters. The van der Waals surface area contributed by atoms with E-state index in [-0.39, 0.29) is 12.1 Å². The Kier molecular flexibility index (Phi) is 4.53. The third-order valence-electron chi connectivity index (χ3n) is 4.31. The lowest BCUT2D eigenvalue weighted by Gasteiger charge is -2.43. The summed E-state index contributed by atoms with van der Waals surface area (Å²) in [6, 6.07) is 4.02. The van der Waals surface area contributed by atoms with Crippen molar-refractivity contribution in [3.8, 4) is 0 Å². The molecule has 1 saturated heterocycles. The largest absolute Gasteiger partial charge is 0.329 e. The van der Waals surface area contributed by atoms with Crippen LogP contribution in [0.25, 0.3) is 0 Å². The summed E-state index contributed by atoms with van der Waals surface area (Å²) in [7, 11) is 0. The number of nitrogens with zero attached hydrogens (tertiary/aromatic N) is 1. The van der Waals surface area contributed by atoms with Gasteiger partial charge in [0.2, 0.25) is 0 Å². The van der Waals surface area contributed by atoms with E-state index >= 15 is 0 Å². The molecule has 2 rings (SSSR count). The summed E-state index contributed by atoms with van der Waals surface area (Å²) in [5, 5.41) is 0. The Morgan fingerprint density at radius 1 is 1.42 bits per heavy atom. The van der Waals surface area contributed by atoms with E-state index < -0.39 is 11.6 Å². The molecule has 1 aromatic rings. The molecule has 0 saturated carbocycles. The lowest BCUT2D eigenvalue weighted by Crippen LogP contribution is -2.49. The SMILES string of the molecule is CC1CCCN(C(C)c2ccc(F)cc2F)C1CN. The maximum Gasteiger partial charge on any atom is 0.130 e. The van der Waals surface area contributed by atoms with Gasteiger partial charge in [-0.15, -0.1) is 0 Å². The van der Waals surface area contributed by atoms with Crippen LogP contribution in [0.3, 0.4) is 0 Å². The first-order valence-electron chi connectivity index (χ1n) is 6.95. The molecule has 4 heteroatoms. The van der Waals surface area contributed by atoms with E-state index in [2.05, 4.69) is 11.8 Å². The molecular formula is C15H22F2N2. The molecule has 2 nitrogen and oxygen atoms in total. The van der Waals surface area contributed by atoms with Gasteiger partial charge >= 0.3 is 0 Å². The molecule has 1 fully saturated rings. The van der Waals surface area contributed by atoms with Crippen LogP contribution in [0.15, 0.2) is 18.2 Å². The Morgan fingerprint density at radius 3 is 2.79 bits per heavy atom. The van der Waals surface area contributed by atoms with Crippen molar-refractivity contribution in [1.29, 1.82) is 0 Å². The standard InChI is InChI=1S/C15H22F2N2/c1-10-4-3-7-19(15(10)9-18)11(2)13-6-5-12(16)8-14(13)17/h5-6,8,10-11,15H,3-4,7,9,18H2,1-2H3. The van der Waals surface area contributed by atoms with E-state index in [1.807, 2.05) is 6.92 Å². The van der Waals surface area contributed by atoms with E-state index in [4.69, 9.17) is 5.73 Å². The molecule has 0 amide bonds. The summed E-state index contributed by atoms with van der Waals surface area (Å²) in [5.74, 6) is -0.484. The van der Waals surface area contributed by atoms with Crippen LogP contribution < -0.4 is 5.73 Å². The second-order valence-corrected chi connectivity index (χ2v) is 5.50. The highest BCUT2D eigenvalue weighted by Crippen LogP contribution is 2.32. The summed E-state index contributed by atoms with van der Waals surface area (Å²) < 4.78 is 26.9. The molecular weight excluding hydrogens is 246 g/mol. The fourth-order valence-electron chi connectivity index (χ4n) is 3.15. The third-order valence-corrected chi connectivity index (χ3v) is 4.31. The molecule has 0 aromatic heterocycles. The van der Waals surface area contributed by atoms with Gasteiger partial charge in [-0.2, -0.15) is 0 Å². The van der Waals surface area contributed by atoms with Gasteiger partial charge in [-0.05, 0) is 38.3 Å². The van der Waals surface area contributed by atoms with Gasteiger partial charge in [0.05, 0.1) is 0 Å². The highest BCUT2D eigenvalue weighted by Gasteiger charge is 2.31. The molecule has 2 N–H and O–H groups in total. The summed E-state index contributed by atoms with van der Waals surface area (Å²) in [6.45, 7) is 5.66. The van der Waals surface area contributed by atoms with Crippen LogP contribution >= 0.6 is 0 Å². The van der Waals surface area contributed by atoms with E-state index in [1.54, 1.807) is 6.07 Å². The van der Waals surface area contributed by atoms with Crippen LogP contribution in [0.4, 0.5) is 8.78 Å². The van der Waals surface area contributed by atoms with Crippen molar-refractivity contribution in [1.82, 2.24) is 4.90 Å². The van der Waals surface area contributed by atoms with Gasteiger partial charge in [-0.1, -0.05) is 13.0 Å². The van der Waals surface area contributed by atoms with Gasteiger partial charge in [0.25, 0.3) is 0 Å². The van der Waals surface area contributed by atoms with Gasteiger partial charge in [0, 0.05) is 30.3 Å². The molecule has 19 heavy (non-hydrogen) atoms. The van der Waals surface area contributed by atoms with Crippen LogP contribution in [0.1, 0.15) is 38.3 Å². The minimum absolute atomic E-state index is 0.0723. The average Bonchev–Trinajstić information content (AvgIpc) is 2.37. The highest BCUT2D eigenvalue weighted by molar-refractivity contribution is 5.22. The Hall–Kier alpha value is -1.00. The van der Waals surface area contributed by atoms with E-state index in [0.29, 0.717) is 18.0 Å². The first kappa shape index (κ1) is 14.4. The van der Waals surface area contributed by atoms with Crippen molar-refractivity contribution in [2.24, 2.45) is 11.7 Å². The number of likely N-dealkylation sites (tertiary alicyclic amines) is 1. The molecule has 0 radical (unpaired) electrons. The molecule has 0 aliphatic carbocycles. The van der Waals surface area contributed by atoms with Crippen molar-refractivity contribution < 1.29 is 8.78 Å². The van der Waals surface area contributed by atoms with Gasteiger partial charge in [0.1, 0.15) is 11.6 Å². The quantitative estimate of drug-likeness (QED) is 0.912. The van der Waals surface area contributed by atoms with Crippen molar-refractivity contribution >= 4 is 0 Å². The first-order chi connectivity index (χ1) is 9.04. The van der Waals surface area contributed by atoms with Crippen LogP contribution in [0, 0.1) is 17.6 Å². The smallest absolute Gasteiger partial charge is 0.130 e. The third kappa shape index (κ3) is 2.95. The molecule has 0 bridgehead atoms. The minimum atomic E-state index is -0.532. The molecule has 1 aliphatic heterocycles. The van der Waals surface area contributed by atoms with Crippen LogP contribution in [-0.4, -0.2) is 24.0 Å². The van der Waals surface area contributed by atoms with Crippen molar-refractivity contribution in [2.75, 3.05) is 13.1 Å². The predicted molar refractivity (Wildman–Crippen MR) is 72.7 cm³/mol. The minimum Gasteiger partial charge on any atom is -0.329 e. The number of rotatable bonds is 3. The summed E-state index contributed by atoms with van der Waals surface area (Å²) in [6.07, 6.45) is 2.27. The van der Waals surface area contributed by atoms with Crippen LogP contribution in [0.5, 0.6) is 0 Å². The Labute approximate surface area is 113 Å². The second-order valence-electron chi connectivity index (χ2n) is 5.50. The zero-order chi connectivity index (χ0) is 14.0. The number of benzene rings is 1. The number of halogens is 2. The fourth-order valence-corrected chi connectivity index (χ4v) is 3.15. The normalized spacial score (nSPS) is 26.4. The van der Waals surface area contributed by atoms with Crippen molar-refractivity contribution in [2.45, 2.75) is 38.8 Å². The lowest BCUT2D eigenvalue weighted by atomic mass is 9.88. The summed E-state index contributed by atoms with van der Waals surface area (Å²) in [4.78, 5) is 2.25. The average molecular weight is 268 g/mol. The second kappa shape index (κ2) is 5.97. The molecule has 1 aliphatic rings. The summed E-state index contributed by atoms with van der Waals surface area (Å²) >= 11 is 0. The van der Waals surface area contributed by atoms with E-state index in [1.165, 1.54) is 6.07 Å². The van der Waals surface area contributed by atoms with Crippen LogP contribution in [-0.2, 0) is 0 Å². The number of nitrogens with two attached hydrogens (primary N) is 1. The summed E-state index contributed by atoms with van der Waals surface area (Å²) in [5.41, 5.74) is 6.42. The molecule has 106 valence electrons. The van der Waals surface area contributed by atoms with Gasteiger partial charge in [-0.25, -0.2) is 8.78 Å². The van der Waals surface area contributed by atoms with Gasteiger partial charge < -0.3 is 5.73 Å². The first-order valence-corrected chi connectivity index (χ1v) is 6.95. The number of piperidine rings is 1. The highest BCUT2D eigenvalue weighted by atomic mass is 19.1. The zero-order valence-electron chi connectivity index (χ0n) is 11.6. The molecule has 3 unspecified atom stereocenters. The number of hydrogen-bond donors (Lipinski definition) is 1. The fraction of sp³-hybridized carbons (Fsp3) is 0.600. The molecule has 1 aromatic carbocycles. The molecule has 1 heterocycles.